The van der Waals surface area contributed by atoms with Crippen LogP contribution in [0.15, 0.2) is 23.3 Å². The van der Waals surface area contributed by atoms with Gasteiger partial charge in [0.25, 0.3) is 0 Å². The quantitative estimate of drug-likeness (QED) is 0.166. The fourth-order valence-corrected chi connectivity index (χ4v) is 15.5. The molecule has 0 amide bonds. The van der Waals surface area contributed by atoms with Gasteiger partial charge in [0, 0.05) is 29.9 Å². The summed E-state index contributed by atoms with van der Waals surface area (Å²) in [4.78, 5) is 26.9. The predicted octanol–water partition coefficient (Wildman–Crippen LogP) is 4.38. The number of carbonyl (C=O) groups excluding carboxylic acids is 2. The highest BCUT2D eigenvalue weighted by Gasteiger charge is 2.83. The predicted molar refractivity (Wildman–Crippen MR) is 178 cm³/mol. The molecule has 0 saturated heterocycles. The molecule has 5 N–H and O–H groups in total. The summed E-state index contributed by atoms with van der Waals surface area (Å²) in [5.74, 6) is -0.477. The van der Waals surface area contributed by atoms with Gasteiger partial charge in [-0.05, 0) is 131 Å². The van der Waals surface area contributed by atoms with Gasteiger partial charge >= 0.3 is 5.97 Å². The lowest BCUT2D eigenvalue weighted by atomic mass is 9.36. The Morgan fingerprint density at radius 2 is 1.77 bits per heavy atom. The van der Waals surface area contributed by atoms with Crippen LogP contribution in [0, 0.1) is 58.2 Å². The summed E-state index contributed by atoms with van der Waals surface area (Å²) >= 11 is 0. The van der Waals surface area contributed by atoms with Crippen LogP contribution in [0.25, 0.3) is 0 Å². The molecular formula is C40H57NO7. The summed E-state index contributed by atoms with van der Waals surface area (Å²) in [6.07, 6.45) is 16.3. The number of hydrogen-bond acceptors (Lipinski definition) is 8. The number of aliphatic hydroxyl groups excluding tert-OH is 1. The minimum atomic E-state index is -1.59. The Balaban J connectivity index is 1.19. The van der Waals surface area contributed by atoms with Crippen LogP contribution in [-0.4, -0.2) is 74.8 Å². The largest absolute Gasteiger partial charge is 0.447 e. The third kappa shape index (κ3) is 3.60. The molecule has 0 aromatic carbocycles. The average molecular weight is 664 g/mol. The van der Waals surface area contributed by atoms with Gasteiger partial charge in [0.1, 0.15) is 11.9 Å². The van der Waals surface area contributed by atoms with Crippen molar-refractivity contribution < 1.29 is 34.8 Å². The van der Waals surface area contributed by atoms with E-state index in [9.17, 15) is 30.0 Å². The zero-order valence-corrected chi connectivity index (χ0v) is 29.0. The first-order chi connectivity index (χ1) is 22.9. The first-order valence-electron chi connectivity index (χ1n) is 19.6. The van der Waals surface area contributed by atoms with Crippen LogP contribution in [0.3, 0.4) is 0 Å². The molecule has 1 spiro atoms. The molecule has 2 bridgehead atoms. The van der Waals surface area contributed by atoms with E-state index in [2.05, 4.69) is 18.3 Å². The van der Waals surface area contributed by atoms with Gasteiger partial charge in [0.05, 0.1) is 22.7 Å². The second kappa shape index (κ2) is 10.5. The van der Waals surface area contributed by atoms with E-state index in [1.807, 2.05) is 7.05 Å². The van der Waals surface area contributed by atoms with Crippen LogP contribution in [0.5, 0.6) is 0 Å². The Morgan fingerprint density at radius 3 is 2.52 bits per heavy atom. The average Bonchev–Trinajstić information content (AvgIpc) is 3.72. The molecule has 0 aromatic heterocycles. The molecule has 1 heterocycles. The first kappa shape index (κ1) is 32.3. The molecule has 264 valence electrons. The van der Waals surface area contributed by atoms with E-state index in [4.69, 9.17) is 4.74 Å². The number of esters is 1. The van der Waals surface area contributed by atoms with Crippen molar-refractivity contribution in [3.05, 3.63) is 23.3 Å². The Morgan fingerprint density at radius 1 is 0.979 bits per heavy atom. The maximum absolute atomic E-state index is 13.8. The standard InChI is InChI=1S/C40H57NO7/c1-23(24-6-3-4-7-24)25-8-9-29-31(43)10-14-36(22-42)32-11-15-35-12-5-13-37-28(21-41-2)17-26(34(35)30(37)18-33(44)48-37)19-39(35,46)38(32,45)20-27(16-25)40(29,36)47/h17-18,22-27,29,31-32,34,41,43,45-47H,3-16,19-21H2,1-2H3. The lowest BCUT2D eigenvalue weighted by Gasteiger charge is -2.72. The number of rotatable bonds is 5. The molecule has 14 atom stereocenters. The minimum absolute atomic E-state index is 0.0636. The summed E-state index contributed by atoms with van der Waals surface area (Å²) in [6.45, 7) is 2.96. The highest BCUT2D eigenvalue weighted by Crippen LogP contribution is 2.78. The molecule has 14 unspecified atom stereocenters. The van der Waals surface area contributed by atoms with E-state index < -0.39 is 57.1 Å². The number of aliphatic hydroxyl groups is 4. The van der Waals surface area contributed by atoms with Crippen LogP contribution < -0.4 is 5.32 Å². The monoisotopic (exact) mass is 663 g/mol. The zero-order valence-electron chi connectivity index (χ0n) is 29.0. The normalized spacial score (nSPS) is 54.4. The number of likely N-dealkylation sites (N-methyl/N-ethyl adjacent to an activating group) is 1. The molecule has 0 radical (unpaired) electrons. The maximum Gasteiger partial charge on any atom is 0.332 e. The second-order valence-corrected chi connectivity index (χ2v) is 18.4. The van der Waals surface area contributed by atoms with Crippen molar-refractivity contribution in [2.45, 2.75) is 138 Å². The summed E-state index contributed by atoms with van der Waals surface area (Å²) in [5, 5.41) is 55.4. The molecule has 0 aromatic rings. The minimum Gasteiger partial charge on any atom is -0.447 e. The number of hydrogen-bond donors (Lipinski definition) is 5. The first-order valence-corrected chi connectivity index (χ1v) is 19.6. The molecule has 8 nitrogen and oxygen atoms in total. The van der Waals surface area contributed by atoms with Gasteiger partial charge < -0.3 is 35.3 Å². The molecule has 48 heavy (non-hydrogen) atoms. The van der Waals surface area contributed by atoms with Crippen LogP contribution in [0.1, 0.15) is 110 Å². The number of carbonyl (C=O) groups is 2. The smallest absolute Gasteiger partial charge is 0.332 e. The Hall–Kier alpha value is -1.58. The third-order valence-corrected chi connectivity index (χ3v) is 17.3. The van der Waals surface area contributed by atoms with Gasteiger partial charge in [-0.3, -0.25) is 0 Å². The number of ether oxygens (including phenoxy) is 1. The van der Waals surface area contributed by atoms with E-state index >= 15 is 0 Å². The summed E-state index contributed by atoms with van der Waals surface area (Å²) in [5.41, 5.74) is -5.18. The fourth-order valence-electron chi connectivity index (χ4n) is 15.5. The highest BCUT2D eigenvalue weighted by molar-refractivity contribution is 5.88. The van der Waals surface area contributed by atoms with E-state index in [-0.39, 0.29) is 24.2 Å². The van der Waals surface area contributed by atoms with Gasteiger partial charge in [-0.2, -0.15) is 0 Å². The highest BCUT2D eigenvalue weighted by atomic mass is 16.6. The fraction of sp³-hybridized carbons (Fsp3) is 0.850. The molecule has 9 rings (SSSR count). The van der Waals surface area contributed by atoms with Crippen LogP contribution in [0.4, 0.5) is 0 Å². The topological polar surface area (TPSA) is 136 Å². The van der Waals surface area contributed by atoms with Crippen molar-refractivity contribution in [3.63, 3.8) is 0 Å². The van der Waals surface area contributed by atoms with Gasteiger partial charge in [-0.1, -0.05) is 38.7 Å². The Labute approximate surface area is 285 Å². The number of fused-ring (bicyclic) bond motifs is 3. The van der Waals surface area contributed by atoms with Gasteiger partial charge in [0.15, 0.2) is 5.60 Å². The summed E-state index contributed by atoms with van der Waals surface area (Å²) in [6, 6.07) is 0. The number of aldehydes is 1. The molecule has 7 saturated carbocycles. The van der Waals surface area contributed by atoms with Crippen molar-refractivity contribution in [1.82, 2.24) is 5.32 Å². The van der Waals surface area contributed by atoms with Crippen molar-refractivity contribution in [2.24, 2.45) is 58.2 Å². The Bertz CT molecular complexity index is 1450. The third-order valence-electron chi connectivity index (χ3n) is 17.3. The van der Waals surface area contributed by atoms with E-state index in [0.717, 1.165) is 36.7 Å². The SMILES string of the molecule is CNCC1=CC2CC3(O)C4(O)CC5CC(C(C)C6CCCC6)CCC6C(O)CCC(C=O)(C4CCC34CCCC13OC(=O)C=C3C24)C56O. The van der Waals surface area contributed by atoms with Crippen LogP contribution >= 0.6 is 0 Å². The molecule has 1 aliphatic heterocycles. The van der Waals surface area contributed by atoms with Crippen molar-refractivity contribution in [3.8, 4) is 0 Å². The second-order valence-electron chi connectivity index (χ2n) is 18.4. The van der Waals surface area contributed by atoms with E-state index in [0.29, 0.717) is 75.7 Å². The van der Waals surface area contributed by atoms with Crippen molar-refractivity contribution in [2.75, 3.05) is 13.6 Å². The Kier molecular flexibility index (Phi) is 7.07. The van der Waals surface area contributed by atoms with E-state index in [1.54, 1.807) is 6.08 Å². The van der Waals surface area contributed by atoms with Crippen molar-refractivity contribution >= 4 is 12.3 Å². The van der Waals surface area contributed by atoms with Crippen molar-refractivity contribution in [1.29, 1.82) is 0 Å². The van der Waals surface area contributed by atoms with Gasteiger partial charge in [-0.15, -0.1) is 0 Å². The molecule has 9 aliphatic rings. The molecule has 7 fully saturated rings. The van der Waals surface area contributed by atoms with Gasteiger partial charge in [-0.25, -0.2) is 4.79 Å². The molecule has 8 aliphatic carbocycles. The number of nitrogens with one attached hydrogen (secondary N) is 1. The summed E-state index contributed by atoms with van der Waals surface area (Å²) < 4.78 is 6.22. The van der Waals surface area contributed by atoms with Crippen LogP contribution in [-0.2, 0) is 14.3 Å². The van der Waals surface area contributed by atoms with Crippen LogP contribution in [0.2, 0.25) is 0 Å². The summed E-state index contributed by atoms with van der Waals surface area (Å²) in [7, 11) is 1.90. The maximum atomic E-state index is 13.8. The lowest BCUT2D eigenvalue weighted by molar-refractivity contribution is -0.343. The van der Waals surface area contributed by atoms with Gasteiger partial charge in [0.2, 0.25) is 0 Å². The zero-order chi connectivity index (χ0) is 33.5. The lowest BCUT2D eigenvalue weighted by Crippen LogP contribution is -2.80. The molecular weight excluding hydrogens is 606 g/mol. The number of allylic oxidation sites excluding steroid dienone is 1. The molecule has 8 heteroatoms. The van der Waals surface area contributed by atoms with E-state index in [1.165, 1.54) is 25.7 Å².